The third-order valence-corrected chi connectivity index (χ3v) is 3.22. The average molecular weight is 274 g/mol. The van der Waals surface area contributed by atoms with E-state index in [4.69, 9.17) is 9.78 Å². The lowest BCUT2D eigenvalue weighted by Gasteiger charge is -2.33. The van der Waals surface area contributed by atoms with Gasteiger partial charge in [0.1, 0.15) is 0 Å². The van der Waals surface area contributed by atoms with Gasteiger partial charge in [0.15, 0.2) is 5.60 Å². The molecule has 0 aromatic rings. The summed E-state index contributed by atoms with van der Waals surface area (Å²) >= 11 is 0. The highest BCUT2D eigenvalue weighted by molar-refractivity contribution is 5.77. The minimum absolute atomic E-state index is 0.403. The van der Waals surface area contributed by atoms with Crippen molar-refractivity contribution >= 4 is 5.97 Å². The summed E-state index contributed by atoms with van der Waals surface area (Å²) in [5, 5.41) is 9.42. The number of carbonyl (C=O) groups is 1. The van der Waals surface area contributed by atoms with Gasteiger partial charge in [-0.25, -0.2) is 14.6 Å². The van der Waals surface area contributed by atoms with Gasteiger partial charge in [-0.3, -0.25) is 0 Å². The standard InChI is InChI=1S/C15H30O4/c1-7-9-10-15(8-2,13(16)17)19-18-14(5,6)11-12(3)4/h12H,7-11H2,1-6H3,(H,16,17). The van der Waals surface area contributed by atoms with Gasteiger partial charge >= 0.3 is 5.97 Å². The zero-order chi connectivity index (χ0) is 15.1. The highest BCUT2D eigenvalue weighted by atomic mass is 17.2. The van der Waals surface area contributed by atoms with Crippen LogP contribution in [0.5, 0.6) is 0 Å². The van der Waals surface area contributed by atoms with Crippen LogP contribution in [0, 0.1) is 5.92 Å². The molecule has 0 bridgehead atoms. The Bertz CT molecular complexity index is 273. The van der Waals surface area contributed by atoms with Crippen LogP contribution in [0.4, 0.5) is 0 Å². The van der Waals surface area contributed by atoms with Crippen LogP contribution in [0.1, 0.15) is 73.6 Å². The molecule has 1 N–H and O–H groups in total. The molecule has 4 heteroatoms. The number of carboxylic acids is 1. The Morgan fingerprint density at radius 2 is 1.79 bits per heavy atom. The van der Waals surface area contributed by atoms with Crippen LogP contribution in [-0.4, -0.2) is 22.3 Å². The first-order chi connectivity index (χ1) is 8.69. The zero-order valence-corrected chi connectivity index (χ0v) is 13.3. The topological polar surface area (TPSA) is 55.8 Å². The van der Waals surface area contributed by atoms with Gasteiger partial charge in [-0.15, -0.1) is 0 Å². The predicted octanol–water partition coefficient (Wildman–Crippen LogP) is 4.18. The third kappa shape index (κ3) is 6.39. The van der Waals surface area contributed by atoms with Crippen LogP contribution >= 0.6 is 0 Å². The van der Waals surface area contributed by atoms with E-state index in [1.807, 2.05) is 27.7 Å². The molecule has 114 valence electrons. The first-order valence-electron chi connectivity index (χ1n) is 7.29. The van der Waals surface area contributed by atoms with Crippen molar-refractivity contribution in [2.24, 2.45) is 5.92 Å². The van der Waals surface area contributed by atoms with E-state index in [0.717, 1.165) is 19.3 Å². The van der Waals surface area contributed by atoms with E-state index < -0.39 is 17.2 Å². The highest BCUT2D eigenvalue weighted by Gasteiger charge is 2.40. The minimum Gasteiger partial charge on any atom is -0.479 e. The molecule has 0 aromatic carbocycles. The van der Waals surface area contributed by atoms with Gasteiger partial charge in [-0.1, -0.05) is 40.5 Å². The molecule has 0 rings (SSSR count). The fourth-order valence-electron chi connectivity index (χ4n) is 2.24. The summed E-state index contributed by atoms with van der Waals surface area (Å²) in [7, 11) is 0. The molecule has 0 aliphatic rings. The number of rotatable bonds is 10. The van der Waals surface area contributed by atoms with Crippen molar-refractivity contribution in [3.05, 3.63) is 0 Å². The van der Waals surface area contributed by atoms with Crippen molar-refractivity contribution in [1.82, 2.24) is 0 Å². The molecule has 0 aliphatic carbocycles. The second-order valence-electron chi connectivity index (χ2n) is 6.28. The van der Waals surface area contributed by atoms with Gasteiger partial charge in [0.05, 0.1) is 5.60 Å². The molecule has 4 nitrogen and oxygen atoms in total. The summed E-state index contributed by atoms with van der Waals surface area (Å²) in [5.74, 6) is -0.473. The van der Waals surface area contributed by atoms with Crippen molar-refractivity contribution in [2.45, 2.75) is 84.8 Å². The number of carboxylic acid groups (broad SMARTS) is 1. The molecule has 0 saturated heterocycles. The molecule has 0 aliphatic heterocycles. The summed E-state index contributed by atoms with van der Waals surface area (Å²) in [5.41, 5.74) is -1.69. The number of aliphatic carboxylic acids is 1. The molecule has 0 amide bonds. The number of unbranched alkanes of at least 4 members (excludes halogenated alkanes) is 1. The SMILES string of the molecule is CCCCC(CC)(OOC(C)(C)CC(C)C)C(=O)O. The molecule has 1 unspecified atom stereocenters. The largest absolute Gasteiger partial charge is 0.479 e. The first kappa shape index (κ1) is 18.4. The lowest BCUT2D eigenvalue weighted by molar-refractivity contribution is -0.403. The Balaban J connectivity index is 4.69. The predicted molar refractivity (Wildman–Crippen MR) is 75.9 cm³/mol. The molecule has 0 aromatic heterocycles. The van der Waals surface area contributed by atoms with Crippen LogP contribution < -0.4 is 0 Å². The van der Waals surface area contributed by atoms with Crippen molar-refractivity contribution in [3.63, 3.8) is 0 Å². The summed E-state index contributed by atoms with van der Waals surface area (Å²) in [6.45, 7) is 11.9. The third-order valence-electron chi connectivity index (χ3n) is 3.22. The van der Waals surface area contributed by atoms with Gasteiger partial charge < -0.3 is 5.11 Å². The quantitative estimate of drug-likeness (QED) is 0.479. The highest BCUT2D eigenvalue weighted by Crippen LogP contribution is 2.29. The normalized spacial score (nSPS) is 15.5. The van der Waals surface area contributed by atoms with Crippen LogP contribution in [-0.2, 0) is 14.6 Å². The second kappa shape index (κ2) is 7.85. The van der Waals surface area contributed by atoms with Gasteiger partial charge in [0, 0.05) is 0 Å². The maximum Gasteiger partial charge on any atom is 0.339 e. The summed E-state index contributed by atoms with van der Waals surface area (Å²) in [4.78, 5) is 22.4. The van der Waals surface area contributed by atoms with E-state index in [1.165, 1.54) is 0 Å². The van der Waals surface area contributed by atoms with E-state index in [1.54, 1.807) is 0 Å². The van der Waals surface area contributed by atoms with Crippen molar-refractivity contribution in [2.75, 3.05) is 0 Å². The molecule has 0 heterocycles. The Labute approximate surface area is 117 Å². The molecule has 0 radical (unpaired) electrons. The van der Waals surface area contributed by atoms with Gasteiger partial charge in [-0.2, -0.15) is 0 Å². The maximum absolute atomic E-state index is 11.5. The minimum atomic E-state index is -1.22. The molecular weight excluding hydrogens is 244 g/mol. The van der Waals surface area contributed by atoms with Gasteiger partial charge in [-0.05, 0) is 39.0 Å². The summed E-state index contributed by atoms with van der Waals surface area (Å²) < 4.78 is 0. The first-order valence-corrected chi connectivity index (χ1v) is 7.29. The molecule has 0 saturated carbocycles. The number of hydrogen-bond donors (Lipinski definition) is 1. The lowest BCUT2D eigenvalue weighted by Crippen LogP contribution is -2.43. The average Bonchev–Trinajstić information content (AvgIpc) is 2.27. The zero-order valence-electron chi connectivity index (χ0n) is 13.3. The van der Waals surface area contributed by atoms with Crippen molar-refractivity contribution in [3.8, 4) is 0 Å². The Kier molecular flexibility index (Phi) is 7.60. The van der Waals surface area contributed by atoms with Gasteiger partial charge in [0.25, 0.3) is 0 Å². The monoisotopic (exact) mass is 274 g/mol. The second-order valence-corrected chi connectivity index (χ2v) is 6.28. The number of hydrogen-bond acceptors (Lipinski definition) is 3. The van der Waals surface area contributed by atoms with E-state index in [0.29, 0.717) is 18.8 Å². The maximum atomic E-state index is 11.5. The van der Waals surface area contributed by atoms with Crippen LogP contribution in [0.3, 0.4) is 0 Å². The van der Waals surface area contributed by atoms with Crippen LogP contribution in [0.25, 0.3) is 0 Å². The lowest BCUT2D eigenvalue weighted by atomic mass is 9.94. The smallest absolute Gasteiger partial charge is 0.339 e. The van der Waals surface area contributed by atoms with Crippen molar-refractivity contribution in [1.29, 1.82) is 0 Å². The van der Waals surface area contributed by atoms with Crippen molar-refractivity contribution < 1.29 is 19.7 Å². The summed E-state index contributed by atoms with van der Waals surface area (Å²) in [6.07, 6.45) is 3.45. The van der Waals surface area contributed by atoms with Crippen LogP contribution in [0.15, 0.2) is 0 Å². The Hall–Kier alpha value is -0.610. The molecule has 0 spiro atoms. The molecule has 0 fully saturated rings. The fourth-order valence-corrected chi connectivity index (χ4v) is 2.24. The van der Waals surface area contributed by atoms with E-state index >= 15 is 0 Å². The molecule has 19 heavy (non-hydrogen) atoms. The van der Waals surface area contributed by atoms with E-state index in [2.05, 4.69) is 13.8 Å². The van der Waals surface area contributed by atoms with Gasteiger partial charge in [0.2, 0.25) is 0 Å². The molecular formula is C15H30O4. The van der Waals surface area contributed by atoms with Crippen LogP contribution in [0.2, 0.25) is 0 Å². The van der Waals surface area contributed by atoms with E-state index in [9.17, 15) is 9.90 Å². The van der Waals surface area contributed by atoms with E-state index in [-0.39, 0.29) is 0 Å². The molecule has 1 atom stereocenters. The Morgan fingerprint density at radius 3 is 2.16 bits per heavy atom. The fraction of sp³-hybridized carbons (Fsp3) is 0.933. The Morgan fingerprint density at radius 1 is 1.21 bits per heavy atom. The summed E-state index contributed by atoms with van der Waals surface area (Å²) in [6, 6.07) is 0.